The lowest BCUT2D eigenvalue weighted by molar-refractivity contribution is -0.142. The maximum atomic E-state index is 12.2. The fraction of sp³-hybridized carbons (Fsp3) is 0.467. The van der Waals surface area contributed by atoms with Gasteiger partial charge in [0.15, 0.2) is 0 Å². The third kappa shape index (κ3) is 2.11. The van der Waals surface area contributed by atoms with Crippen LogP contribution in [0.15, 0.2) is 24.3 Å². The van der Waals surface area contributed by atoms with E-state index in [4.69, 9.17) is 5.11 Å². The van der Waals surface area contributed by atoms with Crippen molar-refractivity contribution in [3.8, 4) is 0 Å². The lowest BCUT2D eigenvalue weighted by Gasteiger charge is -2.30. The Morgan fingerprint density at radius 3 is 2.74 bits per heavy atom. The lowest BCUT2D eigenvalue weighted by atomic mass is 9.77. The summed E-state index contributed by atoms with van der Waals surface area (Å²) < 4.78 is 0. The van der Waals surface area contributed by atoms with Crippen molar-refractivity contribution in [1.29, 1.82) is 0 Å². The predicted molar refractivity (Wildman–Crippen MR) is 69.8 cm³/mol. The van der Waals surface area contributed by atoms with E-state index in [0.29, 0.717) is 6.42 Å². The van der Waals surface area contributed by atoms with E-state index in [1.54, 1.807) is 0 Å². The fourth-order valence-electron chi connectivity index (χ4n) is 3.20. The van der Waals surface area contributed by atoms with E-state index >= 15 is 0 Å². The summed E-state index contributed by atoms with van der Waals surface area (Å²) in [5, 5.41) is 12.0. The summed E-state index contributed by atoms with van der Waals surface area (Å²) in [5.74, 6) is -1.32. The fourth-order valence-corrected chi connectivity index (χ4v) is 3.20. The first kappa shape index (κ1) is 12.2. The van der Waals surface area contributed by atoms with Crippen LogP contribution < -0.4 is 5.32 Å². The largest absolute Gasteiger partial charge is 0.481 e. The summed E-state index contributed by atoms with van der Waals surface area (Å²) >= 11 is 0. The van der Waals surface area contributed by atoms with Gasteiger partial charge in [0.05, 0.1) is 11.8 Å². The quantitative estimate of drug-likeness (QED) is 0.868. The molecule has 1 saturated carbocycles. The van der Waals surface area contributed by atoms with Crippen LogP contribution in [0.2, 0.25) is 0 Å². The van der Waals surface area contributed by atoms with Crippen molar-refractivity contribution in [3.05, 3.63) is 35.4 Å². The van der Waals surface area contributed by atoms with Gasteiger partial charge in [0.25, 0.3) is 0 Å². The van der Waals surface area contributed by atoms with E-state index in [2.05, 4.69) is 5.32 Å². The Morgan fingerprint density at radius 1 is 1.21 bits per heavy atom. The molecule has 3 atom stereocenters. The van der Waals surface area contributed by atoms with Crippen LogP contribution in [0.4, 0.5) is 0 Å². The monoisotopic (exact) mass is 259 g/mol. The van der Waals surface area contributed by atoms with Crippen molar-refractivity contribution in [2.24, 2.45) is 5.92 Å². The maximum absolute atomic E-state index is 12.2. The highest BCUT2D eigenvalue weighted by Gasteiger charge is 2.37. The molecule has 0 aromatic heterocycles. The van der Waals surface area contributed by atoms with E-state index in [1.165, 1.54) is 5.56 Å². The van der Waals surface area contributed by atoms with Crippen LogP contribution in [0.25, 0.3) is 0 Å². The molecule has 0 bridgehead atoms. The van der Waals surface area contributed by atoms with Crippen LogP contribution in [0, 0.1) is 5.92 Å². The highest BCUT2D eigenvalue weighted by molar-refractivity contribution is 5.87. The number of hydrogen-bond acceptors (Lipinski definition) is 2. The summed E-state index contributed by atoms with van der Waals surface area (Å²) in [6.45, 7) is 0. The molecule has 2 N–H and O–H groups in total. The molecule has 4 nitrogen and oxygen atoms in total. The Labute approximate surface area is 111 Å². The van der Waals surface area contributed by atoms with Gasteiger partial charge < -0.3 is 10.4 Å². The first-order valence-corrected chi connectivity index (χ1v) is 6.78. The molecule has 19 heavy (non-hydrogen) atoms. The van der Waals surface area contributed by atoms with Crippen molar-refractivity contribution in [1.82, 2.24) is 5.32 Å². The zero-order chi connectivity index (χ0) is 13.4. The number of carboxylic acid groups (broad SMARTS) is 1. The Bertz CT molecular complexity index is 526. The van der Waals surface area contributed by atoms with E-state index in [9.17, 15) is 9.59 Å². The average molecular weight is 259 g/mol. The van der Waals surface area contributed by atoms with Gasteiger partial charge in [-0.25, -0.2) is 0 Å². The zero-order valence-electron chi connectivity index (χ0n) is 10.6. The third-order valence-corrected chi connectivity index (χ3v) is 4.33. The van der Waals surface area contributed by atoms with Gasteiger partial charge in [-0.3, -0.25) is 9.59 Å². The molecule has 0 saturated heterocycles. The van der Waals surface area contributed by atoms with Crippen molar-refractivity contribution < 1.29 is 14.7 Å². The second-order valence-electron chi connectivity index (χ2n) is 5.45. The number of hydrogen-bond donors (Lipinski definition) is 2. The van der Waals surface area contributed by atoms with Crippen LogP contribution in [0.5, 0.6) is 0 Å². The minimum atomic E-state index is -0.795. The maximum Gasteiger partial charge on any atom is 0.308 e. The predicted octanol–water partition coefficient (Wildman–Crippen LogP) is 1.70. The van der Waals surface area contributed by atoms with E-state index < -0.39 is 11.9 Å². The number of carbonyl (C=O) groups is 2. The molecular weight excluding hydrogens is 242 g/mol. The number of rotatable bonds is 3. The molecule has 1 aromatic carbocycles. The first-order valence-electron chi connectivity index (χ1n) is 6.78. The smallest absolute Gasteiger partial charge is 0.308 e. The summed E-state index contributed by atoms with van der Waals surface area (Å²) in [4.78, 5) is 23.3. The van der Waals surface area contributed by atoms with Crippen molar-refractivity contribution in [3.63, 3.8) is 0 Å². The van der Waals surface area contributed by atoms with Crippen LogP contribution in [0.1, 0.15) is 36.3 Å². The Balaban J connectivity index is 1.66. The molecule has 0 radical (unpaired) electrons. The second-order valence-corrected chi connectivity index (χ2v) is 5.45. The van der Waals surface area contributed by atoms with Gasteiger partial charge in [0, 0.05) is 6.04 Å². The van der Waals surface area contributed by atoms with Gasteiger partial charge in [-0.05, 0) is 30.4 Å². The first-order chi connectivity index (χ1) is 9.16. The van der Waals surface area contributed by atoms with Gasteiger partial charge in [0.2, 0.25) is 5.91 Å². The van der Waals surface area contributed by atoms with E-state index in [-0.39, 0.29) is 17.9 Å². The Hall–Kier alpha value is -1.84. The van der Waals surface area contributed by atoms with E-state index in [0.717, 1.165) is 24.8 Å². The highest BCUT2D eigenvalue weighted by Crippen LogP contribution is 2.35. The number of amides is 1. The number of benzene rings is 1. The normalized spacial score (nSPS) is 28.3. The molecule has 3 rings (SSSR count). The third-order valence-electron chi connectivity index (χ3n) is 4.33. The summed E-state index contributed by atoms with van der Waals surface area (Å²) in [5.41, 5.74) is 2.31. The molecule has 2 aliphatic carbocycles. The van der Waals surface area contributed by atoms with Crippen molar-refractivity contribution >= 4 is 11.9 Å². The van der Waals surface area contributed by atoms with Crippen LogP contribution in [-0.4, -0.2) is 23.0 Å². The summed E-state index contributed by atoms with van der Waals surface area (Å²) in [6, 6.07) is 7.73. The lowest BCUT2D eigenvalue weighted by Crippen LogP contribution is -2.44. The molecule has 0 aliphatic heterocycles. The van der Waals surface area contributed by atoms with Crippen molar-refractivity contribution in [2.75, 3.05) is 0 Å². The zero-order valence-corrected chi connectivity index (χ0v) is 10.6. The summed E-state index contributed by atoms with van der Waals surface area (Å²) in [6.07, 6.45) is 3.09. The molecule has 100 valence electrons. The summed E-state index contributed by atoms with van der Waals surface area (Å²) in [7, 11) is 0. The molecule has 1 aromatic rings. The van der Waals surface area contributed by atoms with Gasteiger partial charge in [-0.1, -0.05) is 30.7 Å². The Kier molecular flexibility index (Phi) is 3.01. The number of nitrogens with one attached hydrogen (secondary N) is 1. The minimum absolute atomic E-state index is 0.0168. The molecule has 1 unspecified atom stereocenters. The number of carbonyl (C=O) groups excluding carboxylic acids is 1. The molecule has 0 spiro atoms. The molecule has 4 heteroatoms. The van der Waals surface area contributed by atoms with Gasteiger partial charge >= 0.3 is 5.97 Å². The van der Waals surface area contributed by atoms with Crippen LogP contribution in [0.3, 0.4) is 0 Å². The number of aliphatic carboxylic acids is 1. The molecule has 2 aliphatic rings. The van der Waals surface area contributed by atoms with Gasteiger partial charge in [-0.15, -0.1) is 0 Å². The SMILES string of the molecule is O=C(N[C@H]1CCC[C@H]1C(=O)O)C1Cc2ccccc21. The topological polar surface area (TPSA) is 66.4 Å². The molecule has 1 amide bonds. The van der Waals surface area contributed by atoms with Crippen LogP contribution >= 0.6 is 0 Å². The van der Waals surface area contributed by atoms with Crippen molar-refractivity contribution in [2.45, 2.75) is 37.6 Å². The van der Waals surface area contributed by atoms with E-state index in [1.807, 2.05) is 24.3 Å². The average Bonchev–Trinajstić information content (AvgIpc) is 2.79. The Morgan fingerprint density at radius 2 is 2.00 bits per heavy atom. The second kappa shape index (κ2) is 4.68. The van der Waals surface area contributed by atoms with Gasteiger partial charge in [-0.2, -0.15) is 0 Å². The standard InChI is InChI=1S/C15H17NO3/c17-14(12-8-9-4-1-2-5-10(9)12)16-13-7-3-6-11(13)15(18)19/h1-2,4-5,11-13H,3,6-8H2,(H,16,17)(H,18,19)/t11-,12?,13+/m1/s1. The number of fused-ring (bicyclic) bond motifs is 1. The highest BCUT2D eigenvalue weighted by atomic mass is 16.4. The molecule has 1 fully saturated rings. The molecular formula is C15H17NO3. The van der Waals surface area contributed by atoms with Gasteiger partial charge in [0.1, 0.15) is 0 Å². The van der Waals surface area contributed by atoms with Crippen LogP contribution in [-0.2, 0) is 16.0 Å². The molecule has 0 heterocycles. The number of carboxylic acids is 1. The minimum Gasteiger partial charge on any atom is -0.481 e.